The molecule has 8 nitrogen and oxygen atoms in total. The van der Waals surface area contributed by atoms with Crippen LogP contribution < -0.4 is 5.32 Å². The molecular weight excluding hydrogens is 310 g/mol. The van der Waals surface area contributed by atoms with Gasteiger partial charge in [-0.1, -0.05) is 6.07 Å². The van der Waals surface area contributed by atoms with Gasteiger partial charge in [-0.05, 0) is 18.6 Å². The minimum atomic E-state index is -0.724. The highest BCUT2D eigenvalue weighted by Gasteiger charge is 2.35. The standard InChI is InChI=1S/C16H19N5O3/c1-10(15(22)24-2)20-16(23)21-7-5-12-13(19-9-18-12)14(21)11-4-3-6-17-8-11/h3-4,6,8-10,14H,5,7H2,1-2H3,(H,18,19)(H,20,23)/t10-,14+/m0/s1. The Labute approximate surface area is 139 Å². The predicted octanol–water partition coefficient (Wildman–Crippen LogP) is 1.02. The molecule has 0 spiro atoms. The Morgan fingerprint density at radius 3 is 3.04 bits per heavy atom. The summed E-state index contributed by atoms with van der Waals surface area (Å²) in [5.74, 6) is -0.487. The van der Waals surface area contributed by atoms with E-state index < -0.39 is 12.0 Å². The topological polar surface area (TPSA) is 100 Å². The van der Waals surface area contributed by atoms with Crippen LogP contribution in [-0.2, 0) is 16.0 Å². The first kappa shape index (κ1) is 16.0. The highest BCUT2D eigenvalue weighted by atomic mass is 16.5. The summed E-state index contributed by atoms with van der Waals surface area (Å²) in [5.41, 5.74) is 2.68. The van der Waals surface area contributed by atoms with Gasteiger partial charge in [-0.15, -0.1) is 0 Å². The van der Waals surface area contributed by atoms with Crippen molar-refractivity contribution in [3.8, 4) is 0 Å². The number of fused-ring (bicyclic) bond motifs is 1. The lowest BCUT2D eigenvalue weighted by Crippen LogP contribution is -2.50. The number of hydrogen-bond acceptors (Lipinski definition) is 5. The van der Waals surface area contributed by atoms with E-state index in [0.29, 0.717) is 13.0 Å². The number of esters is 1. The summed E-state index contributed by atoms with van der Waals surface area (Å²) < 4.78 is 4.66. The van der Waals surface area contributed by atoms with E-state index in [4.69, 9.17) is 0 Å². The fourth-order valence-electron chi connectivity index (χ4n) is 2.87. The van der Waals surface area contributed by atoms with E-state index in [-0.39, 0.29) is 12.1 Å². The molecular formula is C16H19N5O3. The average Bonchev–Trinajstić information content (AvgIpc) is 3.09. The van der Waals surface area contributed by atoms with Gasteiger partial charge in [-0.3, -0.25) is 4.98 Å². The second-order valence-corrected chi connectivity index (χ2v) is 5.59. The highest BCUT2D eigenvalue weighted by molar-refractivity contribution is 5.83. The molecule has 0 saturated carbocycles. The Morgan fingerprint density at radius 2 is 2.33 bits per heavy atom. The molecule has 3 rings (SSSR count). The maximum absolute atomic E-state index is 12.7. The molecule has 1 aliphatic rings. The van der Waals surface area contributed by atoms with Crippen LogP contribution in [0.25, 0.3) is 0 Å². The van der Waals surface area contributed by atoms with Gasteiger partial charge in [0.1, 0.15) is 12.1 Å². The van der Waals surface area contributed by atoms with Gasteiger partial charge in [0.15, 0.2) is 0 Å². The predicted molar refractivity (Wildman–Crippen MR) is 85.1 cm³/mol. The number of carbonyl (C=O) groups is 2. The van der Waals surface area contributed by atoms with E-state index in [1.807, 2.05) is 12.1 Å². The summed E-state index contributed by atoms with van der Waals surface area (Å²) in [6, 6.07) is 2.32. The van der Waals surface area contributed by atoms with Gasteiger partial charge in [-0.2, -0.15) is 0 Å². The van der Waals surface area contributed by atoms with Gasteiger partial charge < -0.3 is 19.9 Å². The first-order valence-corrected chi connectivity index (χ1v) is 7.69. The van der Waals surface area contributed by atoms with Crippen molar-refractivity contribution in [3.63, 3.8) is 0 Å². The van der Waals surface area contributed by atoms with E-state index in [2.05, 4.69) is 25.0 Å². The zero-order valence-corrected chi connectivity index (χ0v) is 13.5. The molecule has 1 aliphatic heterocycles. The minimum Gasteiger partial charge on any atom is -0.467 e. The van der Waals surface area contributed by atoms with Crippen LogP contribution in [0, 0.1) is 0 Å². The molecule has 2 atom stereocenters. The molecule has 0 saturated heterocycles. The molecule has 8 heteroatoms. The highest BCUT2D eigenvalue weighted by Crippen LogP contribution is 2.32. The lowest BCUT2D eigenvalue weighted by atomic mass is 9.97. The molecule has 0 radical (unpaired) electrons. The summed E-state index contributed by atoms with van der Waals surface area (Å²) in [5, 5.41) is 2.68. The second kappa shape index (κ2) is 6.69. The van der Waals surface area contributed by atoms with Crippen molar-refractivity contribution >= 4 is 12.0 Å². The van der Waals surface area contributed by atoms with E-state index >= 15 is 0 Å². The van der Waals surface area contributed by atoms with Gasteiger partial charge in [0.25, 0.3) is 0 Å². The first-order chi connectivity index (χ1) is 11.6. The van der Waals surface area contributed by atoms with E-state index in [1.54, 1.807) is 30.5 Å². The number of aromatic amines is 1. The van der Waals surface area contributed by atoms with Gasteiger partial charge >= 0.3 is 12.0 Å². The van der Waals surface area contributed by atoms with Crippen LogP contribution in [0.2, 0.25) is 0 Å². The SMILES string of the molecule is COC(=O)[C@H](C)NC(=O)N1CCc2[nH]cnc2[C@H]1c1cccnc1. The monoisotopic (exact) mass is 329 g/mol. The number of carbonyl (C=O) groups excluding carboxylic acids is 2. The number of amides is 2. The number of rotatable bonds is 3. The number of pyridine rings is 1. The molecule has 0 fully saturated rings. The summed E-state index contributed by atoms with van der Waals surface area (Å²) >= 11 is 0. The summed E-state index contributed by atoms with van der Waals surface area (Å²) in [6.45, 7) is 2.10. The molecule has 0 bridgehead atoms. The van der Waals surface area contributed by atoms with Crippen LogP contribution in [0.1, 0.15) is 29.9 Å². The number of nitrogens with zero attached hydrogens (tertiary/aromatic N) is 3. The van der Waals surface area contributed by atoms with Crippen LogP contribution in [-0.4, -0.2) is 51.5 Å². The third-order valence-electron chi connectivity index (χ3n) is 4.08. The van der Waals surface area contributed by atoms with Crippen LogP contribution in [0.3, 0.4) is 0 Å². The number of urea groups is 1. The third kappa shape index (κ3) is 2.94. The third-order valence-corrected chi connectivity index (χ3v) is 4.08. The maximum atomic E-state index is 12.7. The largest absolute Gasteiger partial charge is 0.467 e. The molecule has 126 valence electrons. The molecule has 2 N–H and O–H groups in total. The minimum absolute atomic E-state index is 0.338. The molecule has 0 aromatic carbocycles. The zero-order valence-electron chi connectivity index (χ0n) is 13.5. The fourth-order valence-corrected chi connectivity index (χ4v) is 2.87. The van der Waals surface area contributed by atoms with Crippen molar-refractivity contribution in [1.82, 2.24) is 25.2 Å². The van der Waals surface area contributed by atoms with E-state index in [9.17, 15) is 9.59 Å². The van der Waals surface area contributed by atoms with E-state index in [1.165, 1.54) is 7.11 Å². The smallest absolute Gasteiger partial charge is 0.328 e. The second-order valence-electron chi connectivity index (χ2n) is 5.59. The lowest BCUT2D eigenvalue weighted by Gasteiger charge is -2.35. The fraction of sp³-hybridized carbons (Fsp3) is 0.375. The number of aromatic nitrogens is 3. The van der Waals surface area contributed by atoms with Crippen LogP contribution in [0.5, 0.6) is 0 Å². The van der Waals surface area contributed by atoms with Gasteiger partial charge in [0, 0.05) is 31.1 Å². The summed E-state index contributed by atoms with van der Waals surface area (Å²) in [7, 11) is 1.29. The Balaban J connectivity index is 1.89. The molecule has 24 heavy (non-hydrogen) atoms. The van der Waals surface area contributed by atoms with Crippen LogP contribution >= 0.6 is 0 Å². The lowest BCUT2D eigenvalue weighted by molar-refractivity contribution is -0.142. The van der Waals surface area contributed by atoms with Crippen LogP contribution in [0.15, 0.2) is 30.9 Å². The molecule has 3 heterocycles. The average molecular weight is 329 g/mol. The maximum Gasteiger partial charge on any atom is 0.328 e. The Kier molecular flexibility index (Phi) is 4.45. The van der Waals surface area contributed by atoms with Gasteiger partial charge in [0.2, 0.25) is 0 Å². The Morgan fingerprint density at radius 1 is 1.50 bits per heavy atom. The van der Waals surface area contributed by atoms with Crippen molar-refractivity contribution in [3.05, 3.63) is 47.8 Å². The van der Waals surface area contributed by atoms with Gasteiger partial charge in [-0.25, -0.2) is 14.6 Å². The number of hydrogen-bond donors (Lipinski definition) is 2. The first-order valence-electron chi connectivity index (χ1n) is 7.69. The Bertz CT molecular complexity index is 730. The van der Waals surface area contributed by atoms with Crippen molar-refractivity contribution in [1.29, 1.82) is 0 Å². The van der Waals surface area contributed by atoms with Crippen molar-refractivity contribution in [2.45, 2.75) is 25.4 Å². The van der Waals surface area contributed by atoms with Crippen molar-refractivity contribution in [2.24, 2.45) is 0 Å². The molecule has 2 amide bonds. The summed E-state index contributed by atoms with van der Waals surface area (Å²) in [4.78, 5) is 37.6. The number of ether oxygens (including phenoxy) is 1. The molecule has 2 aromatic heterocycles. The Hall–Kier alpha value is -2.90. The van der Waals surface area contributed by atoms with E-state index in [0.717, 1.165) is 17.0 Å². The van der Waals surface area contributed by atoms with Crippen molar-refractivity contribution in [2.75, 3.05) is 13.7 Å². The molecule has 2 aromatic rings. The number of nitrogens with one attached hydrogen (secondary N) is 2. The quantitative estimate of drug-likeness (QED) is 0.819. The number of methoxy groups -OCH3 is 1. The molecule has 0 aliphatic carbocycles. The number of H-pyrrole nitrogens is 1. The van der Waals surface area contributed by atoms with Crippen molar-refractivity contribution < 1.29 is 14.3 Å². The summed E-state index contributed by atoms with van der Waals surface area (Å²) in [6.07, 6.45) is 5.71. The number of imidazole rings is 1. The zero-order chi connectivity index (χ0) is 17.1. The molecule has 0 unspecified atom stereocenters. The normalized spacial score (nSPS) is 17.8. The van der Waals surface area contributed by atoms with Crippen LogP contribution in [0.4, 0.5) is 4.79 Å². The van der Waals surface area contributed by atoms with Gasteiger partial charge in [0.05, 0.1) is 19.1 Å².